The standard InChI is InChI=1S/C23H31NO2/c1-17(11-12-19-9-7-6-8-10-19)24-22(25)18(2)26-21-15-13-20(14-16-21)23(3,4)5/h6-10,13-18H,11-12H2,1-5H3,(H,24,25)/t17-,18-/m0/s1. The lowest BCUT2D eigenvalue weighted by Gasteiger charge is -2.21. The third kappa shape index (κ3) is 6.21. The van der Waals surface area contributed by atoms with E-state index in [1.165, 1.54) is 11.1 Å². The van der Waals surface area contributed by atoms with Crippen molar-refractivity contribution in [2.24, 2.45) is 0 Å². The molecule has 0 fully saturated rings. The number of aryl methyl sites for hydroxylation is 1. The number of amides is 1. The van der Waals surface area contributed by atoms with E-state index in [9.17, 15) is 4.79 Å². The van der Waals surface area contributed by atoms with Gasteiger partial charge in [0.15, 0.2) is 6.10 Å². The highest BCUT2D eigenvalue weighted by atomic mass is 16.5. The van der Waals surface area contributed by atoms with Gasteiger partial charge in [0.25, 0.3) is 5.91 Å². The second-order valence-corrected chi connectivity index (χ2v) is 7.97. The van der Waals surface area contributed by atoms with Gasteiger partial charge in [-0.25, -0.2) is 0 Å². The first kappa shape index (κ1) is 20.0. The van der Waals surface area contributed by atoms with E-state index in [1.807, 2.05) is 37.3 Å². The van der Waals surface area contributed by atoms with Gasteiger partial charge in [0.1, 0.15) is 5.75 Å². The molecule has 1 amide bonds. The van der Waals surface area contributed by atoms with E-state index in [0.29, 0.717) is 0 Å². The fourth-order valence-electron chi connectivity index (χ4n) is 2.75. The summed E-state index contributed by atoms with van der Waals surface area (Å²) in [5, 5.41) is 3.04. The lowest BCUT2D eigenvalue weighted by Crippen LogP contribution is -2.41. The normalized spacial score (nSPS) is 13.7. The SMILES string of the molecule is C[C@H](Oc1ccc(C(C)(C)C)cc1)C(=O)N[C@@H](C)CCc1ccccc1. The topological polar surface area (TPSA) is 38.3 Å². The molecule has 0 spiro atoms. The minimum atomic E-state index is -0.519. The highest BCUT2D eigenvalue weighted by Crippen LogP contribution is 2.24. The lowest BCUT2D eigenvalue weighted by atomic mass is 9.87. The Hall–Kier alpha value is -2.29. The van der Waals surface area contributed by atoms with Crippen LogP contribution >= 0.6 is 0 Å². The molecule has 0 aliphatic heterocycles. The molecule has 2 atom stereocenters. The summed E-state index contributed by atoms with van der Waals surface area (Å²) >= 11 is 0. The summed E-state index contributed by atoms with van der Waals surface area (Å²) in [5.41, 5.74) is 2.64. The first-order valence-corrected chi connectivity index (χ1v) is 9.37. The summed E-state index contributed by atoms with van der Waals surface area (Å²) < 4.78 is 5.80. The molecule has 0 radical (unpaired) electrons. The molecule has 0 aromatic heterocycles. The van der Waals surface area contributed by atoms with Crippen LogP contribution in [0.1, 0.15) is 52.2 Å². The summed E-state index contributed by atoms with van der Waals surface area (Å²) in [6.45, 7) is 10.4. The van der Waals surface area contributed by atoms with Crippen molar-refractivity contribution < 1.29 is 9.53 Å². The maximum atomic E-state index is 12.4. The Morgan fingerprint density at radius 3 is 2.19 bits per heavy atom. The number of rotatable bonds is 7. The van der Waals surface area contributed by atoms with Crippen molar-refractivity contribution in [1.82, 2.24) is 5.32 Å². The molecule has 26 heavy (non-hydrogen) atoms. The molecule has 0 bridgehead atoms. The highest BCUT2D eigenvalue weighted by molar-refractivity contribution is 5.80. The van der Waals surface area contributed by atoms with Crippen LogP contribution < -0.4 is 10.1 Å². The van der Waals surface area contributed by atoms with E-state index < -0.39 is 6.10 Å². The van der Waals surface area contributed by atoms with Gasteiger partial charge in [-0.3, -0.25) is 4.79 Å². The van der Waals surface area contributed by atoms with E-state index in [-0.39, 0.29) is 17.4 Å². The fourth-order valence-corrected chi connectivity index (χ4v) is 2.75. The Labute approximate surface area is 157 Å². The van der Waals surface area contributed by atoms with Gasteiger partial charge in [0, 0.05) is 6.04 Å². The largest absolute Gasteiger partial charge is 0.481 e. The van der Waals surface area contributed by atoms with Gasteiger partial charge in [-0.1, -0.05) is 63.2 Å². The van der Waals surface area contributed by atoms with E-state index in [1.54, 1.807) is 6.92 Å². The van der Waals surface area contributed by atoms with Gasteiger partial charge in [-0.2, -0.15) is 0 Å². The van der Waals surface area contributed by atoms with Crippen molar-refractivity contribution >= 4 is 5.91 Å². The molecular formula is C23H31NO2. The molecule has 0 aliphatic carbocycles. The monoisotopic (exact) mass is 353 g/mol. The minimum Gasteiger partial charge on any atom is -0.481 e. The van der Waals surface area contributed by atoms with Gasteiger partial charge >= 0.3 is 0 Å². The summed E-state index contributed by atoms with van der Waals surface area (Å²) in [4.78, 5) is 12.4. The van der Waals surface area contributed by atoms with Crippen LogP contribution in [0.25, 0.3) is 0 Å². The summed E-state index contributed by atoms with van der Waals surface area (Å²) in [6.07, 6.45) is 1.34. The molecule has 0 aliphatic rings. The quantitative estimate of drug-likeness (QED) is 0.770. The molecule has 2 aromatic rings. The first-order valence-electron chi connectivity index (χ1n) is 9.37. The molecule has 0 saturated carbocycles. The number of hydrogen-bond donors (Lipinski definition) is 1. The predicted octanol–water partition coefficient (Wildman–Crippen LogP) is 4.89. The molecule has 3 nitrogen and oxygen atoms in total. The van der Waals surface area contributed by atoms with E-state index >= 15 is 0 Å². The molecule has 2 aromatic carbocycles. The number of benzene rings is 2. The van der Waals surface area contributed by atoms with E-state index in [4.69, 9.17) is 4.74 Å². The molecule has 2 rings (SSSR count). The zero-order valence-corrected chi connectivity index (χ0v) is 16.6. The zero-order valence-electron chi connectivity index (χ0n) is 16.6. The van der Waals surface area contributed by atoms with Crippen LogP contribution in [0.5, 0.6) is 5.75 Å². The Morgan fingerprint density at radius 2 is 1.62 bits per heavy atom. The Bertz CT molecular complexity index is 686. The lowest BCUT2D eigenvalue weighted by molar-refractivity contribution is -0.127. The van der Waals surface area contributed by atoms with E-state index in [0.717, 1.165) is 18.6 Å². The van der Waals surface area contributed by atoms with Crippen molar-refractivity contribution in [3.63, 3.8) is 0 Å². The molecule has 140 valence electrons. The third-order valence-electron chi connectivity index (χ3n) is 4.50. The first-order chi connectivity index (χ1) is 12.3. The summed E-state index contributed by atoms with van der Waals surface area (Å²) in [5.74, 6) is 0.642. The van der Waals surface area contributed by atoms with Crippen LogP contribution in [0, 0.1) is 0 Å². The number of nitrogens with one attached hydrogen (secondary N) is 1. The predicted molar refractivity (Wildman–Crippen MR) is 108 cm³/mol. The highest BCUT2D eigenvalue weighted by Gasteiger charge is 2.18. The van der Waals surface area contributed by atoms with Crippen LogP contribution in [-0.4, -0.2) is 18.1 Å². The van der Waals surface area contributed by atoms with Crippen LogP contribution in [0.2, 0.25) is 0 Å². The van der Waals surface area contributed by atoms with Crippen LogP contribution in [0.3, 0.4) is 0 Å². The van der Waals surface area contributed by atoms with Crippen LogP contribution in [0.4, 0.5) is 0 Å². The third-order valence-corrected chi connectivity index (χ3v) is 4.50. The van der Waals surface area contributed by atoms with Crippen molar-refractivity contribution in [2.75, 3.05) is 0 Å². The van der Waals surface area contributed by atoms with Crippen molar-refractivity contribution in [3.05, 3.63) is 65.7 Å². The zero-order chi connectivity index (χ0) is 19.2. The van der Waals surface area contributed by atoms with Gasteiger partial charge < -0.3 is 10.1 Å². The number of ether oxygens (including phenoxy) is 1. The maximum absolute atomic E-state index is 12.4. The van der Waals surface area contributed by atoms with Gasteiger partial charge in [0.05, 0.1) is 0 Å². The van der Waals surface area contributed by atoms with E-state index in [2.05, 4.69) is 50.4 Å². The minimum absolute atomic E-state index is 0.0783. The Morgan fingerprint density at radius 1 is 1.00 bits per heavy atom. The van der Waals surface area contributed by atoms with Gasteiger partial charge in [0.2, 0.25) is 0 Å². The molecule has 3 heteroatoms. The maximum Gasteiger partial charge on any atom is 0.260 e. The van der Waals surface area contributed by atoms with Gasteiger partial charge in [-0.05, 0) is 55.4 Å². The summed E-state index contributed by atoms with van der Waals surface area (Å²) in [7, 11) is 0. The van der Waals surface area contributed by atoms with Gasteiger partial charge in [-0.15, -0.1) is 0 Å². The average molecular weight is 354 g/mol. The second-order valence-electron chi connectivity index (χ2n) is 7.97. The smallest absolute Gasteiger partial charge is 0.260 e. The number of hydrogen-bond acceptors (Lipinski definition) is 2. The Kier molecular flexibility index (Phi) is 6.84. The number of carbonyl (C=O) groups excluding carboxylic acids is 1. The molecular weight excluding hydrogens is 322 g/mol. The fraction of sp³-hybridized carbons (Fsp3) is 0.435. The summed E-state index contributed by atoms with van der Waals surface area (Å²) in [6, 6.07) is 18.4. The molecule has 0 saturated heterocycles. The average Bonchev–Trinajstić information content (AvgIpc) is 2.60. The second kappa shape index (κ2) is 8.88. The molecule has 0 heterocycles. The van der Waals surface area contributed by atoms with Crippen molar-refractivity contribution in [3.8, 4) is 5.75 Å². The number of carbonyl (C=O) groups is 1. The van der Waals surface area contributed by atoms with Crippen molar-refractivity contribution in [2.45, 2.75) is 65.0 Å². The molecule has 0 unspecified atom stereocenters. The van der Waals surface area contributed by atoms with Crippen LogP contribution in [-0.2, 0) is 16.6 Å². The van der Waals surface area contributed by atoms with Crippen molar-refractivity contribution in [1.29, 1.82) is 0 Å². The van der Waals surface area contributed by atoms with Crippen LogP contribution in [0.15, 0.2) is 54.6 Å². The molecule has 1 N–H and O–H groups in total. The Balaban J connectivity index is 1.81.